The Morgan fingerprint density at radius 2 is 1.93 bits per heavy atom. The highest BCUT2D eigenvalue weighted by atomic mass is 15.1. The van der Waals surface area contributed by atoms with Crippen LogP contribution in [0, 0.1) is 0 Å². The highest BCUT2D eigenvalue weighted by Gasteiger charge is 2.10. The summed E-state index contributed by atoms with van der Waals surface area (Å²) in [6.07, 6.45) is 4.45. The molecule has 80 valence electrons. The van der Waals surface area contributed by atoms with Crippen LogP contribution < -0.4 is 10.2 Å². The predicted molar refractivity (Wildman–Crippen MR) is 65.2 cm³/mol. The third-order valence-electron chi connectivity index (χ3n) is 2.72. The molecule has 0 radical (unpaired) electrons. The van der Waals surface area contributed by atoms with E-state index in [0.717, 1.165) is 26.2 Å². The maximum Gasteiger partial charge on any atom is 0.0417 e. The zero-order valence-electron chi connectivity index (χ0n) is 9.24. The Morgan fingerprint density at radius 3 is 2.67 bits per heavy atom. The molecule has 1 aromatic rings. The van der Waals surface area contributed by atoms with Gasteiger partial charge in [-0.15, -0.1) is 0 Å². The van der Waals surface area contributed by atoms with Gasteiger partial charge in [0, 0.05) is 25.3 Å². The molecule has 0 atom stereocenters. The third kappa shape index (κ3) is 2.39. The van der Waals surface area contributed by atoms with Gasteiger partial charge in [0.1, 0.15) is 0 Å². The zero-order valence-corrected chi connectivity index (χ0v) is 9.24. The van der Waals surface area contributed by atoms with Crippen molar-refractivity contribution in [3.63, 3.8) is 0 Å². The Kier molecular flexibility index (Phi) is 3.41. The molecule has 2 nitrogen and oxygen atoms in total. The molecule has 0 unspecified atom stereocenters. The van der Waals surface area contributed by atoms with Crippen LogP contribution in [0.4, 0.5) is 5.69 Å². The molecule has 1 heterocycles. The summed E-state index contributed by atoms with van der Waals surface area (Å²) >= 11 is 0. The van der Waals surface area contributed by atoms with E-state index < -0.39 is 0 Å². The Labute approximate surface area is 91.6 Å². The maximum atomic E-state index is 3.38. The van der Waals surface area contributed by atoms with Gasteiger partial charge >= 0.3 is 0 Å². The second-order valence-corrected chi connectivity index (χ2v) is 3.79. The van der Waals surface area contributed by atoms with Crippen molar-refractivity contribution in [3.8, 4) is 0 Å². The normalized spacial score (nSPS) is 14.9. The summed E-state index contributed by atoms with van der Waals surface area (Å²) in [4.78, 5) is 2.40. The Bertz CT molecular complexity index is 336. The number of anilines is 1. The summed E-state index contributed by atoms with van der Waals surface area (Å²) in [5.41, 5.74) is 2.76. The fraction of sp³-hybridized carbons (Fsp3) is 0.385. The number of hydrogen-bond donors (Lipinski definition) is 1. The molecule has 0 bridgehead atoms. The molecule has 0 spiro atoms. The Hall–Kier alpha value is -1.28. The van der Waals surface area contributed by atoms with Gasteiger partial charge in [-0.05, 0) is 18.2 Å². The lowest BCUT2D eigenvalue weighted by Crippen LogP contribution is -2.22. The first-order chi connectivity index (χ1) is 7.42. The Morgan fingerprint density at radius 1 is 1.20 bits per heavy atom. The van der Waals surface area contributed by atoms with Gasteiger partial charge in [0.25, 0.3) is 0 Å². The minimum absolute atomic E-state index is 0.961. The van der Waals surface area contributed by atoms with Crippen molar-refractivity contribution in [2.45, 2.75) is 13.5 Å². The summed E-state index contributed by atoms with van der Waals surface area (Å²) in [5.74, 6) is 0. The second-order valence-electron chi connectivity index (χ2n) is 3.79. The molecule has 0 aliphatic carbocycles. The molecule has 0 saturated carbocycles. The average Bonchev–Trinajstić information content (AvgIpc) is 2.80. The van der Waals surface area contributed by atoms with Crippen molar-refractivity contribution in [1.29, 1.82) is 0 Å². The van der Waals surface area contributed by atoms with E-state index in [2.05, 4.69) is 53.6 Å². The van der Waals surface area contributed by atoms with Crippen LogP contribution in [0.3, 0.4) is 0 Å². The number of benzene rings is 1. The highest BCUT2D eigenvalue weighted by Crippen LogP contribution is 2.21. The topological polar surface area (TPSA) is 15.3 Å². The molecule has 1 aliphatic rings. The van der Waals surface area contributed by atoms with Crippen LogP contribution in [0.5, 0.6) is 0 Å². The SMILES string of the molecule is CCNCc1ccccc1N1CC=CC1. The van der Waals surface area contributed by atoms with Gasteiger partial charge in [-0.2, -0.15) is 0 Å². The molecule has 1 aromatic carbocycles. The van der Waals surface area contributed by atoms with Crippen LogP contribution in [-0.4, -0.2) is 19.6 Å². The van der Waals surface area contributed by atoms with Gasteiger partial charge in [-0.25, -0.2) is 0 Å². The van der Waals surface area contributed by atoms with Gasteiger partial charge < -0.3 is 10.2 Å². The minimum atomic E-state index is 0.961. The number of para-hydroxylation sites is 1. The lowest BCUT2D eigenvalue weighted by molar-refractivity contribution is 0.724. The van der Waals surface area contributed by atoms with Crippen LogP contribution in [0.2, 0.25) is 0 Å². The van der Waals surface area contributed by atoms with Gasteiger partial charge in [0.2, 0.25) is 0 Å². The molecule has 0 fully saturated rings. The van der Waals surface area contributed by atoms with Crippen LogP contribution in [0.15, 0.2) is 36.4 Å². The maximum absolute atomic E-state index is 3.38. The van der Waals surface area contributed by atoms with Crippen LogP contribution >= 0.6 is 0 Å². The van der Waals surface area contributed by atoms with E-state index in [4.69, 9.17) is 0 Å². The van der Waals surface area contributed by atoms with Gasteiger partial charge in [0.15, 0.2) is 0 Å². The van der Waals surface area contributed by atoms with Crippen molar-refractivity contribution in [3.05, 3.63) is 42.0 Å². The molecule has 0 saturated heterocycles. The summed E-state index contributed by atoms with van der Waals surface area (Å²) in [5, 5.41) is 3.38. The third-order valence-corrected chi connectivity index (χ3v) is 2.72. The molecule has 15 heavy (non-hydrogen) atoms. The van der Waals surface area contributed by atoms with Crippen LogP contribution in [0.1, 0.15) is 12.5 Å². The zero-order chi connectivity index (χ0) is 10.5. The second kappa shape index (κ2) is 4.99. The fourth-order valence-corrected chi connectivity index (χ4v) is 1.90. The first-order valence-corrected chi connectivity index (χ1v) is 5.60. The van der Waals surface area contributed by atoms with Gasteiger partial charge in [-0.1, -0.05) is 37.3 Å². The van der Waals surface area contributed by atoms with Crippen molar-refractivity contribution in [2.24, 2.45) is 0 Å². The fourth-order valence-electron chi connectivity index (χ4n) is 1.90. The minimum Gasteiger partial charge on any atom is -0.364 e. The number of nitrogens with one attached hydrogen (secondary N) is 1. The number of rotatable bonds is 4. The van der Waals surface area contributed by atoms with E-state index in [1.54, 1.807) is 0 Å². The molecular weight excluding hydrogens is 184 g/mol. The number of nitrogens with zero attached hydrogens (tertiary/aromatic N) is 1. The summed E-state index contributed by atoms with van der Waals surface area (Å²) in [7, 11) is 0. The van der Waals surface area contributed by atoms with E-state index in [0.29, 0.717) is 0 Å². The van der Waals surface area contributed by atoms with E-state index in [9.17, 15) is 0 Å². The Balaban J connectivity index is 2.14. The lowest BCUT2D eigenvalue weighted by Gasteiger charge is -2.21. The standard InChI is InChI=1S/C13H18N2/c1-2-14-11-12-7-3-4-8-13(12)15-9-5-6-10-15/h3-8,14H,2,9-11H2,1H3. The van der Waals surface area contributed by atoms with Crippen molar-refractivity contribution in [2.75, 3.05) is 24.5 Å². The van der Waals surface area contributed by atoms with Gasteiger partial charge in [0.05, 0.1) is 0 Å². The smallest absolute Gasteiger partial charge is 0.0417 e. The lowest BCUT2D eigenvalue weighted by atomic mass is 10.1. The molecule has 1 N–H and O–H groups in total. The van der Waals surface area contributed by atoms with Crippen LogP contribution in [-0.2, 0) is 6.54 Å². The largest absolute Gasteiger partial charge is 0.364 e. The average molecular weight is 202 g/mol. The molecule has 2 heteroatoms. The summed E-state index contributed by atoms with van der Waals surface area (Å²) < 4.78 is 0. The molecule has 0 amide bonds. The predicted octanol–water partition coefficient (Wildman–Crippen LogP) is 2.17. The summed E-state index contributed by atoms with van der Waals surface area (Å²) in [6, 6.07) is 8.64. The van der Waals surface area contributed by atoms with Crippen molar-refractivity contribution in [1.82, 2.24) is 5.32 Å². The van der Waals surface area contributed by atoms with E-state index in [-0.39, 0.29) is 0 Å². The quantitative estimate of drug-likeness (QED) is 0.753. The summed E-state index contributed by atoms with van der Waals surface area (Å²) in [6.45, 7) is 6.21. The van der Waals surface area contributed by atoms with Crippen LogP contribution in [0.25, 0.3) is 0 Å². The molecule has 2 rings (SSSR count). The number of hydrogen-bond acceptors (Lipinski definition) is 2. The molecule has 1 aliphatic heterocycles. The van der Waals surface area contributed by atoms with Crippen molar-refractivity contribution < 1.29 is 0 Å². The van der Waals surface area contributed by atoms with E-state index in [1.165, 1.54) is 11.3 Å². The van der Waals surface area contributed by atoms with E-state index >= 15 is 0 Å². The van der Waals surface area contributed by atoms with Crippen molar-refractivity contribution >= 4 is 5.69 Å². The monoisotopic (exact) mass is 202 g/mol. The highest BCUT2D eigenvalue weighted by molar-refractivity contribution is 5.55. The van der Waals surface area contributed by atoms with Gasteiger partial charge in [-0.3, -0.25) is 0 Å². The van der Waals surface area contributed by atoms with E-state index in [1.807, 2.05) is 0 Å². The first-order valence-electron chi connectivity index (χ1n) is 5.60. The first kappa shape index (κ1) is 10.2. The molecular formula is C13H18N2. The molecule has 0 aromatic heterocycles.